The second-order valence-corrected chi connectivity index (χ2v) is 9.22. The minimum atomic E-state index is 0.410. The maximum absolute atomic E-state index is 6.30. The van der Waals surface area contributed by atoms with Crippen molar-refractivity contribution in [2.45, 2.75) is 64.5 Å². The summed E-state index contributed by atoms with van der Waals surface area (Å²) >= 11 is 6.30. The third-order valence-electron chi connectivity index (χ3n) is 6.48. The summed E-state index contributed by atoms with van der Waals surface area (Å²) in [6, 6.07) is 6.15. The molecule has 5 rings (SSSR count). The molecular formula is C23H27ClN6. The van der Waals surface area contributed by atoms with E-state index >= 15 is 0 Å². The second-order valence-electron chi connectivity index (χ2n) is 8.79. The summed E-state index contributed by atoms with van der Waals surface area (Å²) in [5.74, 6) is 3.00. The Kier molecular flexibility index (Phi) is 5.07. The van der Waals surface area contributed by atoms with Gasteiger partial charge in [0, 0.05) is 29.6 Å². The van der Waals surface area contributed by atoms with Crippen molar-refractivity contribution >= 4 is 11.6 Å². The first-order chi connectivity index (χ1) is 14.5. The zero-order chi connectivity index (χ0) is 20.8. The first kappa shape index (κ1) is 19.6. The molecule has 30 heavy (non-hydrogen) atoms. The highest BCUT2D eigenvalue weighted by Gasteiger charge is 2.31. The second kappa shape index (κ2) is 7.75. The van der Waals surface area contributed by atoms with Gasteiger partial charge in [0.15, 0.2) is 5.82 Å². The smallest absolute Gasteiger partial charge is 0.151 e. The monoisotopic (exact) mass is 422 g/mol. The summed E-state index contributed by atoms with van der Waals surface area (Å²) in [5.41, 5.74) is 5.63. The number of benzene rings is 1. The molecule has 0 bridgehead atoms. The van der Waals surface area contributed by atoms with Crippen LogP contribution in [0.4, 0.5) is 0 Å². The summed E-state index contributed by atoms with van der Waals surface area (Å²) in [6.45, 7) is 5.74. The summed E-state index contributed by atoms with van der Waals surface area (Å²) in [5, 5.41) is 10.0. The maximum atomic E-state index is 6.30. The lowest BCUT2D eigenvalue weighted by atomic mass is 9.79. The van der Waals surface area contributed by atoms with Crippen molar-refractivity contribution in [3.63, 3.8) is 0 Å². The van der Waals surface area contributed by atoms with Gasteiger partial charge < -0.3 is 0 Å². The highest BCUT2D eigenvalue weighted by Crippen LogP contribution is 2.41. The van der Waals surface area contributed by atoms with Crippen molar-refractivity contribution in [3.8, 4) is 5.69 Å². The van der Waals surface area contributed by atoms with Crippen molar-refractivity contribution in [1.82, 2.24) is 29.6 Å². The normalized spacial score (nSPS) is 21.7. The van der Waals surface area contributed by atoms with Crippen LogP contribution in [0.2, 0.25) is 5.02 Å². The maximum Gasteiger partial charge on any atom is 0.151 e. The molecule has 0 unspecified atom stereocenters. The predicted molar refractivity (Wildman–Crippen MR) is 117 cm³/mol. The van der Waals surface area contributed by atoms with Crippen molar-refractivity contribution < 1.29 is 0 Å². The van der Waals surface area contributed by atoms with E-state index in [-0.39, 0.29) is 0 Å². The van der Waals surface area contributed by atoms with Crippen LogP contribution in [-0.2, 0) is 13.1 Å². The van der Waals surface area contributed by atoms with Crippen LogP contribution in [0.15, 0.2) is 24.4 Å². The first-order valence-corrected chi connectivity index (χ1v) is 11.1. The molecule has 156 valence electrons. The molecule has 0 radical (unpaired) electrons. The number of fused-ring (bicyclic) bond motifs is 3. The van der Waals surface area contributed by atoms with E-state index in [9.17, 15) is 0 Å². The molecule has 1 aliphatic heterocycles. The Balaban J connectivity index is 1.44. The predicted octanol–water partition coefficient (Wildman–Crippen LogP) is 4.71. The summed E-state index contributed by atoms with van der Waals surface area (Å²) in [7, 11) is 2.12. The summed E-state index contributed by atoms with van der Waals surface area (Å²) < 4.78 is 2.29. The van der Waals surface area contributed by atoms with Gasteiger partial charge in [-0.1, -0.05) is 11.6 Å². The van der Waals surface area contributed by atoms with Crippen LogP contribution in [0.1, 0.15) is 71.8 Å². The van der Waals surface area contributed by atoms with Crippen molar-refractivity contribution in [2.75, 3.05) is 7.05 Å². The van der Waals surface area contributed by atoms with Crippen molar-refractivity contribution in [1.29, 1.82) is 0 Å². The molecule has 0 spiro atoms. The van der Waals surface area contributed by atoms with E-state index in [4.69, 9.17) is 16.6 Å². The number of rotatable bonds is 2. The lowest BCUT2D eigenvalue weighted by Crippen LogP contribution is -2.18. The molecular weight excluding hydrogens is 396 g/mol. The molecule has 0 saturated heterocycles. The van der Waals surface area contributed by atoms with Crippen LogP contribution in [0.3, 0.4) is 0 Å². The Bertz CT molecular complexity index is 1080. The molecule has 1 saturated carbocycles. The molecule has 1 fully saturated rings. The minimum absolute atomic E-state index is 0.410. The molecule has 3 aromatic rings. The van der Waals surface area contributed by atoms with Gasteiger partial charge in [-0.3, -0.25) is 19.4 Å². The highest BCUT2D eigenvalue weighted by atomic mass is 35.5. The third-order valence-corrected chi connectivity index (χ3v) is 6.72. The fourth-order valence-electron chi connectivity index (χ4n) is 5.01. The zero-order valence-corrected chi connectivity index (χ0v) is 18.5. The molecule has 0 amide bonds. The lowest BCUT2D eigenvalue weighted by molar-refractivity contribution is 0.315. The van der Waals surface area contributed by atoms with Crippen LogP contribution >= 0.6 is 11.6 Å². The Morgan fingerprint density at radius 2 is 1.77 bits per heavy atom. The molecule has 3 heterocycles. The van der Waals surface area contributed by atoms with Crippen LogP contribution in [0.25, 0.3) is 5.69 Å². The number of hydrogen-bond donors (Lipinski definition) is 0. The highest BCUT2D eigenvalue weighted by molar-refractivity contribution is 6.30. The molecule has 6 nitrogen and oxygen atoms in total. The van der Waals surface area contributed by atoms with Crippen molar-refractivity contribution in [2.24, 2.45) is 0 Å². The van der Waals surface area contributed by atoms with Crippen molar-refractivity contribution in [3.05, 3.63) is 63.7 Å². The standard InChI is InChI=1S/C23H27ClN6/c1-14-11-25-15(2)22(26-14)16-4-6-17(7-5-16)23-28-27-21-13-29(3)12-18-10-19(24)8-9-20(18)30(21)23/h8-11,16-17H,4-7,12-13H2,1-3H3/t16-,17-. The molecule has 2 aliphatic rings. The van der Waals surface area contributed by atoms with Crippen LogP contribution in [-0.4, -0.2) is 36.7 Å². The molecule has 1 aromatic carbocycles. The average Bonchev–Trinajstić information content (AvgIpc) is 3.07. The molecule has 2 aromatic heterocycles. The van der Waals surface area contributed by atoms with Gasteiger partial charge in [-0.15, -0.1) is 10.2 Å². The van der Waals surface area contributed by atoms with Gasteiger partial charge in [0.1, 0.15) is 5.82 Å². The molecule has 0 atom stereocenters. The topological polar surface area (TPSA) is 59.7 Å². The van der Waals surface area contributed by atoms with E-state index in [1.807, 2.05) is 19.2 Å². The fourth-order valence-corrected chi connectivity index (χ4v) is 5.21. The van der Waals surface area contributed by atoms with E-state index in [1.54, 1.807) is 0 Å². The number of halogens is 1. The first-order valence-electron chi connectivity index (χ1n) is 10.7. The van der Waals surface area contributed by atoms with Gasteiger partial charge in [0.05, 0.1) is 29.3 Å². The van der Waals surface area contributed by atoms with E-state index in [2.05, 4.69) is 50.8 Å². The van der Waals surface area contributed by atoms with E-state index in [0.29, 0.717) is 11.8 Å². The zero-order valence-electron chi connectivity index (χ0n) is 17.8. The Hall–Kier alpha value is -2.31. The fraction of sp³-hybridized carbons (Fsp3) is 0.478. The summed E-state index contributed by atoms with van der Waals surface area (Å²) in [4.78, 5) is 11.6. The number of aromatic nitrogens is 5. The quantitative estimate of drug-likeness (QED) is 0.598. The lowest BCUT2D eigenvalue weighted by Gasteiger charge is -2.28. The SMILES string of the molecule is Cc1cnc(C)c([C@H]2CC[C@H](c3nnc4n3-c3ccc(Cl)cc3CN(C)C4)CC2)n1. The molecule has 1 aliphatic carbocycles. The van der Waals surface area contributed by atoms with E-state index in [0.717, 1.165) is 66.8 Å². The van der Waals surface area contributed by atoms with Gasteiger partial charge >= 0.3 is 0 Å². The molecule has 7 heteroatoms. The number of hydrogen-bond acceptors (Lipinski definition) is 5. The van der Waals surface area contributed by atoms with Gasteiger partial charge in [0.25, 0.3) is 0 Å². The Labute approximate surface area is 182 Å². The van der Waals surface area contributed by atoms with Gasteiger partial charge in [-0.25, -0.2) is 0 Å². The minimum Gasteiger partial charge on any atom is -0.295 e. The average molecular weight is 423 g/mol. The van der Waals surface area contributed by atoms with Crippen LogP contribution in [0, 0.1) is 13.8 Å². The van der Waals surface area contributed by atoms with Crippen LogP contribution in [0.5, 0.6) is 0 Å². The third kappa shape index (κ3) is 3.52. The van der Waals surface area contributed by atoms with Gasteiger partial charge in [-0.05, 0) is 70.3 Å². The van der Waals surface area contributed by atoms with Gasteiger partial charge in [0.2, 0.25) is 0 Å². The Morgan fingerprint density at radius 1 is 1.00 bits per heavy atom. The largest absolute Gasteiger partial charge is 0.295 e. The van der Waals surface area contributed by atoms with E-state index in [1.165, 1.54) is 16.9 Å². The summed E-state index contributed by atoms with van der Waals surface area (Å²) in [6.07, 6.45) is 6.27. The Morgan fingerprint density at radius 3 is 2.57 bits per heavy atom. The number of nitrogens with zero attached hydrogens (tertiary/aromatic N) is 6. The van der Waals surface area contributed by atoms with E-state index < -0.39 is 0 Å². The molecule has 0 N–H and O–H groups in total. The van der Waals surface area contributed by atoms with Crippen LogP contribution < -0.4 is 0 Å². The number of aryl methyl sites for hydroxylation is 2. The van der Waals surface area contributed by atoms with Gasteiger partial charge in [-0.2, -0.15) is 0 Å².